The predicted octanol–water partition coefficient (Wildman–Crippen LogP) is 2.77. The Hall–Kier alpha value is -2.95. The number of hydrogen-bond donors (Lipinski definition) is 4. The molecule has 5 rings (SSSR count). The first-order chi connectivity index (χ1) is 17.5. The number of aromatic nitrogens is 3. The molecule has 0 atom stereocenters. The molecule has 0 saturated heterocycles. The zero-order valence-corrected chi connectivity index (χ0v) is 22.7. The molecule has 3 heterocycles. The fourth-order valence-electron chi connectivity index (χ4n) is 4.53. The molecule has 2 aromatic carbocycles. The largest absolute Gasteiger partial charge is 0.550 e. The molecule has 12 heteroatoms. The molecule has 0 radical (unpaired) electrons. The highest BCUT2D eigenvalue weighted by Crippen LogP contribution is 2.49. The summed E-state index contributed by atoms with van der Waals surface area (Å²) < 4.78 is 19.0. The number of benzene rings is 2. The van der Waals surface area contributed by atoms with Crippen LogP contribution in [0.3, 0.4) is 0 Å². The van der Waals surface area contributed by atoms with Gasteiger partial charge >= 0.3 is 6.80 Å². The molecule has 0 aliphatic carbocycles. The van der Waals surface area contributed by atoms with Crippen LogP contribution in [0.1, 0.15) is 23.9 Å². The van der Waals surface area contributed by atoms with Crippen LogP contribution in [0.25, 0.3) is 43.7 Å². The number of pyridine rings is 1. The first-order valence-corrected chi connectivity index (χ1v) is 14.9. The van der Waals surface area contributed by atoms with Gasteiger partial charge in [0.05, 0.1) is 5.52 Å². The van der Waals surface area contributed by atoms with Gasteiger partial charge < -0.3 is 34.4 Å². The number of aliphatic carboxylic acids is 1. The van der Waals surface area contributed by atoms with Crippen molar-refractivity contribution in [3.63, 3.8) is 0 Å². The van der Waals surface area contributed by atoms with E-state index in [-0.39, 0.29) is 0 Å². The maximum Gasteiger partial charge on any atom is 0.384 e. The van der Waals surface area contributed by atoms with E-state index in [0.29, 0.717) is 42.5 Å². The summed E-state index contributed by atoms with van der Waals surface area (Å²) in [5.74, 6) is -0.0958. The van der Waals surface area contributed by atoms with E-state index in [4.69, 9.17) is 29.1 Å². The highest BCUT2D eigenvalue weighted by atomic mass is 32.7. The van der Waals surface area contributed by atoms with Gasteiger partial charge in [-0.1, -0.05) is 0 Å². The topological polar surface area (TPSA) is 155 Å². The second kappa shape index (κ2) is 10.8. The third-order valence-electron chi connectivity index (χ3n) is 6.08. The van der Waals surface area contributed by atoms with Gasteiger partial charge in [-0.3, -0.25) is 0 Å². The van der Waals surface area contributed by atoms with Crippen LogP contribution >= 0.6 is 18.2 Å². The molecular weight excluding hydrogens is 515 g/mol. The second-order valence-electron chi connectivity index (χ2n) is 8.82. The Kier molecular flexibility index (Phi) is 7.91. The minimum atomic E-state index is -4.01. The molecule has 0 amide bonds. The van der Waals surface area contributed by atoms with Crippen LogP contribution < -0.4 is 15.0 Å². The van der Waals surface area contributed by atoms with Crippen LogP contribution in [0.2, 0.25) is 0 Å². The van der Waals surface area contributed by atoms with Crippen molar-refractivity contribution in [3.05, 3.63) is 47.6 Å². The summed E-state index contributed by atoms with van der Waals surface area (Å²) in [5.41, 5.74) is 6.21. The minimum absolute atomic E-state index is 0.345. The van der Waals surface area contributed by atoms with Gasteiger partial charge in [0.1, 0.15) is 12.6 Å². The Balaban J connectivity index is 0.000000747. The van der Waals surface area contributed by atoms with Crippen LogP contribution in [-0.2, 0) is 22.8 Å². The summed E-state index contributed by atoms with van der Waals surface area (Å²) in [6.45, 7) is 2.40. The Morgan fingerprint density at radius 2 is 1.92 bits per heavy atom. The SMILES string of the molecule is CC(=O)[O-].Cc1c2cc[n+](C)cc2c(C)c2c1[nH]c1ccc3oc(CCNCCSP(=O)(O)O)nc3c12. The standard InChI is InChI=1S/C23H25N4O4PS.C2H4O2/c1-13-16-12-27(3)10-7-15(16)14(2)22-20(13)21-17(25-22)4-5-18-23(21)26-19(31-18)6-8-24-9-11-33-32(28,29)30;1-2(3)4/h4-5,7,10,12,24H,6,8-9,11H2,1-3H3,(H2,28,29,30);1H3,(H,3,4). The number of carboxylic acid groups (broad SMARTS) is 1. The Morgan fingerprint density at radius 1 is 1.19 bits per heavy atom. The molecule has 0 saturated carbocycles. The predicted molar refractivity (Wildman–Crippen MR) is 143 cm³/mol. The number of carboxylic acids is 1. The molecule has 37 heavy (non-hydrogen) atoms. The molecule has 0 spiro atoms. The van der Waals surface area contributed by atoms with Gasteiger partial charge in [0.25, 0.3) is 0 Å². The number of nitrogens with zero attached hydrogens (tertiary/aromatic N) is 2. The van der Waals surface area contributed by atoms with Gasteiger partial charge in [0.15, 0.2) is 23.9 Å². The van der Waals surface area contributed by atoms with Gasteiger partial charge in [0, 0.05) is 59.0 Å². The van der Waals surface area contributed by atoms with E-state index in [1.54, 1.807) is 0 Å². The Bertz CT molecular complexity index is 1670. The van der Waals surface area contributed by atoms with Crippen molar-refractivity contribution in [2.45, 2.75) is 27.2 Å². The lowest BCUT2D eigenvalue weighted by atomic mass is 9.96. The minimum Gasteiger partial charge on any atom is -0.550 e. The number of hydrogen-bond acceptors (Lipinski definition) is 7. The molecule has 0 aliphatic heterocycles. The number of nitrogens with one attached hydrogen (secondary N) is 2. The van der Waals surface area contributed by atoms with Crippen LogP contribution in [0.4, 0.5) is 0 Å². The summed E-state index contributed by atoms with van der Waals surface area (Å²) in [7, 11) is 2.04. The first kappa shape index (κ1) is 27.1. The highest BCUT2D eigenvalue weighted by molar-refractivity contribution is 8.54. The van der Waals surface area contributed by atoms with Gasteiger partial charge in [-0.05, 0) is 60.8 Å². The molecule has 0 aliphatic rings. The zero-order valence-electron chi connectivity index (χ0n) is 21.0. The van der Waals surface area contributed by atoms with E-state index in [9.17, 15) is 4.57 Å². The molecule has 196 valence electrons. The summed E-state index contributed by atoms with van der Waals surface area (Å²) in [6, 6.07) is 6.17. The summed E-state index contributed by atoms with van der Waals surface area (Å²) in [6.07, 6.45) is 4.83. The molecular formula is C25H29N4O6PS. The van der Waals surface area contributed by atoms with Crippen molar-refractivity contribution < 1.29 is 33.2 Å². The number of aromatic amines is 1. The number of fused-ring (bicyclic) bond motifs is 6. The van der Waals surface area contributed by atoms with E-state index in [0.717, 1.165) is 34.4 Å². The monoisotopic (exact) mass is 544 g/mol. The van der Waals surface area contributed by atoms with E-state index < -0.39 is 12.8 Å². The van der Waals surface area contributed by atoms with Gasteiger partial charge in [-0.2, -0.15) is 0 Å². The molecule has 0 unspecified atom stereocenters. The zero-order chi connectivity index (χ0) is 26.9. The normalized spacial score (nSPS) is 11.9. The van der Waals surface area contributed by atoms with Crippen molar-refractivity contribution in [2.75, 3.05) is 18.8 Å². The molecule has 0 fully saturated rings. The fraction of sp³-hybridized carbons (Fsp3) is 0.320. The van der Waals surface area contributed by atoms with Crippen LogP contribution in [0.15, 0.2) is 35.0 Å². The fourth-order valence-corrected chi connectivity index (χ4v) is 5.99. The maximum atomic E-state index is 10.9. The Morgan fingerprint density at radius 3 is 2.62 bits per heavy atom. The van der Waals surface area contributed by atoms with E-state index >= 15 is 0 Å². The maximum absolute atomic E-state index is 10.9. The number of carbonyl (C=O) groups excluding carboxylic acids is 1. The number of H-pyrrole nitrogens is 1. The van der Waals surface area contributed by atoms with Crippen molar-refractivity contribution in [2.24, 2.45) is 7.05 Å². The number of rotatable bonds is 7. The summed E-state index contributed by atoms with van der Waals surface area (Å²) in [4.78, 5) is 35.1. The number of oxazole rings is 1. The van der Waals surface area contributed by atoms with Crippen LogP contribution in [0, 0.1) is 13.8 Å². The number of aryl methyl sites for hydroxylation is 3. The third kappa shape index (κ3) is 5.97. The van der Waals surface area contributed by atoms with Gasteiger partial charge in [-0.25, -0.2) is 14.1 Å². The average Bonchev–Trinajstić information content (AvgIpc) is 3.40. The van der Waals surface area contributed by atoms with Crippen molar-refractivity contribution in [1.82, 2.24) is 15.3 Å². The van der Waals surface area contributed by atoms with Crippen molar-refractivity contribution in [1.29, 1.82) is 0 Å². The summed E-state index contributed by atoms with van der Waals surface area (Å²) >= 11 is 0.651. The van der Waals surface area contributed by atoms with E-state index in [2.05, 4.69) is 47.2 Å². The lowest BCUT2D eigenvalue weighted by Crippen LogP contribution is -2.26. The molecule has 5 aromatic rings. The molecule has 0 bridgehead atoms. The third-order valence-corrected chi connectivity index (χ3v) is 8.36. The van der Waals surface area contributed by atoms with Crippen molar-refractivity contribution in [3.8, 4) is 0 Å². The van der Waals surface area contributed by atoms with Crippen molar-refractivity contribution >= 4 is 67.8 Å². The van der Waals surface area contributed by atoms with E-state index in [1.807, 2.05) is 19.2 Å². The molecule has 4 N–H and O–H groups in total. The number of carbonyl (C=O) groups is 1. The van der Waals surface area contributed by atoms with E-state index in [1.165, 1.54) is 27.3 Å². The van der Waals surface area contributed by atoms with Crippen LogP contribution in [0.5, 0.6) is 0 Å². The lowest BCUT2D eigenvalue weighted by Gasteiger charge is -2.07. The molecule has 3 aromatic heterocycles. The van der Waals surface area contributed by atoms with Gasteiger partial charge in [0.2, 0.25) is 0 Å². The lowest BCUT2D eigenvalue weighted by molar-refractivity contribution is -0.670. The first-order valence-electron chi connectivity index (χ1n) is 11.7. The molecule has 10 nitrogen and oxygen atoms in total. The quantitative estimate of drug-likeness (QED) is 0.137. The van der Waals surface area contributed by atoms with Crippen LogP contribution in [-0.4, -0.2) is 44.6 Å². The highest BCUT2D eigenvalue weighted by Gasteiger charge is 2.19. The Labute approximate surface area is 217 Å². The average molecular weight is 545 g/mol. The smallest absolute Gasteiger partial charge is 0.384 e. The summed E-state index contributed by atoms with van der Waals surface area (Å²) in [5, 5.41) is 16.8. The second-order valence-corrected chi connectivity index (χ2v) is 12.7. The van der Waals surface area contributed by atoms with Gasteiger partial charge in [-0.15, -0.1) is 0 Å².